The summed E-state index contributed by atoms with van der Waals surface area (Å²) in [7, 11) is 1.60. The topological polar surface area (TPSA) is 21.3 Å². The van der Waals surface area contributed by atoms with Crippen LogP contribution < -0.4 is 10.1 Å². The number of nitrogens with one attached hydrogen (secondary N) is 1. The lowest BCUT2D eigenvalue weighted by Gasteiger charge is -2.17. The van der Waals surface area contributed by atoms with Gasteiger partial charge in [-0.05, 0) is 37.6 Å². The quantitative estimate of drug-likeness (QED) is 0.889. The first-order valence-corrected chi connectivity index (χ1v) is 6.72. The summed E-state index contributed by atoms with van der Waals surface area (Å²) < 4.78 is 18.7. The van der Waals surface area contributed by atoms with E-state index in [2.05, 4.69) is 30.4 Å². The lowest BCUT2D eigenvalue weighted by Crippen LogP contribution is -2.19. The Morgan fingerprint density at radius 2 is 2.00 bits per heavy atom. The molecule has 0 aliphatic rings. The second kappa shape index (κ2) is 6.53. The third-order valence-corrected chi connectivity index (χ3v) is 3.35. The Morgan fingerprint density at radius 1 is 1.20 bits per heavy atom. The third-order valence-electron chi connectivity index (χ3n) is 3.35. The summed E-state index contributed by atoms with van der Waals surface area (Å²) in [6, 6.07) is 12.9. The molecular formula is C17H20FNO. The number of benzene rings is 2. The van der Waals surface area contributed by atoms with Crippen molar-refractivity contribution in [3.63, 3.8) is 0 Å². The number of aryl methyl sites for hydroxylation is 1. The monoisotopic (exact) mass is 273 g/mol. The lowest BCUT2D eigenvalue weighted by molar-refractivity contribution is 0.399. The van der Waals surface area contributed by atoms with E-state index in [9.17, 15) is 4.39 Å². The highest BCUT2D eigenvalue weighted by Gasteiger charge is 2.12. The van der Waals surface area contributed by atoms with E-state index in [1.165, 1.54) is 23.3 Å². The minimum Gasteiger partial charge on any atom is -0.496 e. The molecule has 0 aliphatic heterocycles. The van der Waals surface area contributed by atoms with Crippen molar-refractivity contribution in [1.82, 2.24) is 5.32 Å². The molecule has 0 fully saturated rings. The highest BCUT2D eigenvalue weighted by Crippen LogP contribution is 2.26. The zero-order valence-electron chi connectivity index (χ0n) is 12.1. The van der Waals surface area contributed by atoms with Gasteiger partial charge in [0.2, 0.25) is 0 Å². The van der Waals surface area contributed by atoms with Crippen molar-refractivity contribution < 1.29 is 9.13 Å². The fourth-order valence-electron chi connectivity index (χ4n) is 2.25. The van der Waals surface area contributed by atoms with Crippen LogP contribution >= 0.6 is 0 Å². The van der Waals surface area contributed by atoms with Gasteiger partial charge in [0.25, 0.3) is 0 Å². The summed E-state index contributed by atoms with van der Waals surface area (Å²) in [5, 5.41) is 3.40. The zero-order chi connectivity index (χ0) is 14.5. The minimum absolute atomic E-state index is 0.0150. The molecule has 3 heteroatoms. The first-order valence-electron chi connectivity index (χ1n) is 6.72. The normalized spacial score (nSPS) is 12.2. The summed E-state index contributed by atoms with van der Waals surface area (Å²) in [6.45, 7) is 4.82. The van der Waals surface area contributed by atoms with Crippen molar-refractivity contribution in [2.75, 3.05) is 7.11 Å². The lowest BCUT2D eigenvalue weighted by atomic mass is 10.1. The zero-order valence-corrected chi connectivity index (χ0v) is 12.1. The molecule has 2 rings (SSSR count). The van der Waals surface area contributed by atoms with Crippen molar-refractivity contribution in [3.8, 4) is 5.75 Å². The molecule has 20 heavy (non-hydrogen) atoms. The minimum atomic E-state index is -0.245. The molecule has 0 spiro atoms. The number of rotatable bonds is 5. The Labute approximate surface area is 119 Å². The summed E-state index contributed by atoms with van der Waals surface area (Å²) in [6.07, 6.45) is 0. The number of ether oxygens (including phenoxy) is 1. The Balaban J connectivity index is 2.08. The maximum absolute atomic E-state index is 13.4. The van der Waals surface area contributed by atoms with Crippen LogP contribution in [-0.4, -0.2) is 7.11 Å². The molecule has 0 amide bonds. The van der Waals surface area contributed by atoms with E-state index in [4.69, 9.17) is 4.74 Å². The fourth-order valence-corrected chi connectivity index (χ4v) is 2.25. The molecule has 0 aromatic heterocycles. The van der Waals surface area contributed by atoms with Gasteiger partial charge in [0, 0.05) is 18.2 Å². The molecule has 0 saturated heterocycles. The number of hydrogen-bond acceptors (Lipinski definition) is 2. The van der Waals surface area contributed by atoms with Crippen molar-refractivity contribution in [2.45, 2.75) is 26.4 Å². The van der Waals surface area contributed by atoms with E-state index in [0.717, 1.165) is 12.1 Å². The summed E-state index contributed by atoms with van der Waals surface area (Å²) in [4.78, 5) is 0. The third kappa shape index (κ3) is 3.58. The molecule has 2 aromatic rings. The molecule has 0 heterocycles. The Bertz CT molecular complexity index is 583. The van der Waals surface area contributed by atoms with Crippen molar-refractivity contribution in [2.24, 2.45) is 0 Å². The van der Waals surface area contributed by atoms with Crippen LogP contribution in [0, 0.1) is 12.7 Å². The van der Waals surface area contributed by atoms with E-state index >= 15 is 0 Å². The molecular weight excluding hydrogens is 253 g/mol. The predicted molar refractivity (Wildman–Crippen MR) is 79.4 cm³/mol. The highest BCUT2D eigenvalue weighted by atomic mass is 19.1. The largest absolute Gasteiger partial charge is 0.496 e. The standard InChI is InChI=1S/C17H20FNO/c1-12-5-4-6-14(9-12)11-19-13(2)16-10-15(18)7-8-17(16)20-3/h4-10,13,19H,11H2,1-3H3. The second-order valence-corrected chi connectivity index (χ2v) is 4.98. The Hall–Kier alpha value is -1.87. The van der Waals surface area contributed by atoms with Crippen LogP contribution in [0.1, 0.15) is 29.7 Å². The van der Waals surface area contributed by atoms with Gasteiger partial charge in [-0.15, -0.1) is 0 Å². The van der Waals surface area contributed by atoms with Gasteiger partial charge >= 0.3 is 0 Å². The van der Waals surface area contributed by atoms with Crippen LogP contribution in [0.2, 0.25) is 0 Å². The number of methoxy groups -OCH3 is 1. The smallest absolute Gasteiger partial charge is 0.123 e. The van der Waals surface area contributed by atoms with Gasteiger partial charge in [-0.3, -0.25) is 0 Å². The predicted octanol–water partition coefficient (Wildman–Crippen LogP) is 3.99. The average Bonchev–Trinajstić information content (AvgIpc) is 2.45. The first kappa shape index (κ1) is 14.5. The fraction of sp³-hybridized carbons (Fsp3) is 0.294. The number of hydrogen-bond donors (Lipinski definition) is 1. The summed E-state index contributed by atoms with van der Waals surface area (Å²) in [5.41, 5.74) is 3.28. The Kier molecular flexibility index (Phi) is 4.74. The second-order valence-electron chi connectivity index (χ2n) is 4.98. The van der Waals surface area contributed by atoms with E-state index in [1.54, 1.807) is 13.2 Å². The molecule has 1 N–H and O–H groups in total. The van der Waals surface area contributed by atoms with Gasteiger partial charge in [-0.25, -0.2) is 4.39 Å². The van der Waals surface area contributed by atoms with Crippen molar-refractivity contribution in [1.29, 1.82) is 0 Å². The van der Waals surface area contributed by atoms with E-state index in [1.807, 2.05) is 13.0 Å². The Morgan fingerprint density at radius 3 is 2.70 bits per heavy atom. The van der Waals surface area contributed by atoms with Crippen LogP contribution in [0.4, 0.5) is 4.39 Å². The molecule has 1 atom stereocenters. The molecule has 1 unspecified atom stereocenters. The van der Waals surface area contributed by atoms with Gasteiger partial charge in [-0.2, -0.15) is 0 Å². The van der Waals surface area contributed by atoms with Gasteiger partial charge in [0.15, 0.2) is 0 Å². The van der Waals surface area contributed by atoms with Crippen LogP contribution in [-0.2, 0) is 6.54 Å². The molecule has 0 radical (unpaired) electrons. The molecule has 106 valence electrons. The number of halogens is 1. The van der Waals surface area contributed by atoms with E-state index in [-0.39, 0.29) is 11.9 Å². The van der Waals surface area contributed by atoms with Crippen molar-refractivity contribution in [3.05, 3.63) is 65.0 Å². The molecule has 0 saturated carbocycles. The molecule has 0 bridgehead atoms. The first-order chi connectivity index (χ1) is 9.60. The van der Waals surface area contributed by atoms with Crippen LogP contribution in [0.25, 0.3) is 0 Å². The SMILES string of the molecule is COc1ccc(F)cc1C(C)NCc1cccc(C)c1. The maximum Gasteiger partial charge on any atom is 0.123 e. The molecule has 2 aromatic carbocycles. The van der Waals surface area contributed by atoms with E-state index in [0.29, 0.717) is 5.75 Å². The molecule has 0 aliphatic carbocycles. The van der Waals surface area contributed by atoms with Gasteiger partial charge in [0.1, 0.15) is 11.6 Å². The maximum atomic E-state index is 13.4. The highest BCUT2D eigenvalue weighted by molar-refractivity contribution is 5.36. The van der Waals surface area contributed by atoms with Gasteiger partial charge < -0.3 is 10.1 Å². The van der Waals surface area contributed by atoms with Crippen LogP contribution in [0.3, 0.4) is 0 Å². The van der Waals surface area contributed by atoms with Crippen molar-refractivity contribution >= 4 is 0 Å². The summed E-state index contributed by atoms with van der Waals surface area (Å²) in [5.74, 6) is 0.459. The van der Waals surface area contributed by atoms with Crippen LogP contribution in [0.15, 0.2) is 42.5 Å². The summed E-state index contributed by atoms with van der Waals surface area (Å²) >= 11 is 0. The van der Waals surface area contributed by atoms with Crippen LogP contribution in [0.5, 0.6) is 5.75 Å². The van der Waals surface area contributed by atoms with Gasteiger partial charge in [0.05, 0.1) is 7.11 Å². The van der Waals surface area contributed by atoms with E-state index < -0.39 is 0 Å². The van der Waals surface area contributed by atoms with Gasteiger partial charge in [-0.1, -0.05) is 29.8 Å². The molecule has 2 nitrogen and oxygen atoms in total. The average molecular weight is 273 g/mol.